The molecule has 0 amide bonds. The average Bonchev–Trinajstić information content (AvgIpc) is 2.82. The molecule has 1 aliphatic carbocycles. The minimum Gasteiger partial charge on any atom is -0.508 e. The summed E-state index contributed by atoms with van der Waals surface area (Å²) in [6.45, 7) is 0. The van der Waals surface area contributed by atoms with Gasteiger partial charge in [-0.25, -0.2) is 4.79 Å². The molecule has 2 N–H and O–H groups in total. The van der Waals surface area contributed by atoms with Gasteiger partial charge in [0.15, 0.2) is 5.43 Å². The molecule has 5 rings (SSSR count). The number of carboxylic acid groups (broad SMARTS) is 1. The van der Waals surface area contributed by atoms with Crippen LogP contribution < -0.4 is 5.43 Å². The summed E-state index contributed by atoms with van der Waals surface area (Å²) < 4.78 is 5.86. The third-order valence-corrected chi connectivity index (χ3v) is 5.58. The van der Waals surface area contributed by atoms with Crippen molar-refractivity contribution >= 4 is 16.9 Å². The van der Waals surface area contributed by atoms with Crippen molar-refractivity contribution in [3.8, 4) is 51.7 Å². The molecule has 0 saturated carbocycles. The Labute approximate surface area is 188 Å². The van der Waals surface area contributed by atoms with Crippen molar-refractivity contribution in [2.45, 2.75) is 0 Å². The molecule has 0 bridgehead atoms. The summed E-state index contributed by atoms with van der Waals surface area (Å²) in [4.78, 5) is 24.3. The van der Waals surface area contributed by atoms with Crippen molar-refractivity contribution < 1.29 is 19.4 Å². The molecule has 0 saturated heterocycles. The third kappa shape index (κ3) is 3.50. The number of hydrogen-bond acceptors (Lipinski definition) is 4. The van der Waals surface area contributed by atoms with Gasteiger partial charge < -0.3 is 14.6 Å². The maximum Gasteiger partial charge on any atom is 0.336 e. The molecule has 5 heteroatoms. The molecule has 33 heavy (non-hydrogen) atoms. The van der Waals surface area contributed by atoms with Gasteiger partial charge in [-0.1, -0.05) is 30.2 Å². The summed E-state index contributed by atoms with van der Waals surface area (Å²) in [6, 6.07) is 21.5. The minimum atomic E-state index is -1.09. The van der Waals surface area contributed by atoms with Gasteiger partial charge in [0.2, 0.25) is 0 Å². The van der Waals surface area contributed by atoms with E-state index in [9.17, 15) is 19.8 Å². The van der Waals surface area contributed by atoms with E-state index in [-0.39, 0.29) is 16.7 Å². The summed E-state index contributed by atoms with van der Waals surface area (Å²) >= 11 is 0. The topological polar surface area (TPSA) is 87.7 Å². The monoisotopic (exact) mass is 432 g/mol. The Morgan fingerprint density at radius 1 is 0.848 bits per heavy atom. The fraction of sp³-hybridized carbons (Fsp3) is 0. The number of aromatic carboxylic acids is 1. The number of aromatic hydroxyl groups is 1. The highest BCUT2D eigenvalue weighted by Crippen LogP contribution is 2.42. The normalized spacial score (nSPS) is 10.9. The van der Waals surface area contributed by atoms with Gasteiger partial charge in [-0.15, -0.1) is 6.42 Å². The molecule has 0 fully saturated rings. The lowest BCUT2D eigenvalue weighted by atomic mass is 9.89. The zero-order chi connectivity index (χ0) is 23.1. The first kappa shape index (κ1) is 20.1. The summed E-state index contributed by atoms with van der Waals surface area (Å²) in [5.41, 5.74) is 4.19. The van der Waals surface area contributed by atoms with Gasteiger partial charge in [-0.2, -0.15) is 0 Å². The lowest BCUT2D eigenvalue weighted by Gasteiger charge is -2.17. The molecule has 0 spiro atoms. The first-order chi connectivity index (χ1) is 15.9. The lowest BCUT2D eigenvalue weighted by molar-refractivity contribution is 0.0697. The Balaban J connectivity index is 1.81. The molecule has 0 unspecified atom stereocenters. The van der Waals surface area contributed by atoms with E-state index in [0.717, 1.165) is 16.7 Å². The van der Waals surface area contributed by atoms with E-state index in [0.29, 0.717) is 33.4 Å². The number of terminal acetylenes is 1. The molecule has 1 heterocycles. The maximum absolute atomic E-state index is 12.3. The van der Waals surface area contributed by atoms with E-state index in [4.69, 9.17) is 10.8 Å². The fourth-order valence-corrected chi connectivity index (χ4v) is 4.03. The molecule has 5 nitrogen and oxygen atoms in total. The quantitative estimate of drug-likeness (QED) is 0.286. The predicted molar refractivity (Wildman–Crippen MR) is 127 cm³/mol. The Morgan fingerprint density at radius 2 is 1.58 bits per heavy atom. The van der Waals surface area contributed by atoms with E-state index in [1.54, 1.807) is 36.4 Å². The second kappa shape index (κ2) is 7.70. The number of hydrogen-bond donors (Lipinski definition) is 2. The second-order valence-electron chi connectivity index (χ2n) is 7.60. The Kier molecular flexibility index (Phi) is 4.69. The highest BCUT2D eigenvalue weighted by molar-refractivity contribution is 6.08. The van der Waals surface area contributed by atoms with Crippen LogP contribution in [-0.4, -0.2) is 16.2 Å². The number of phenols is 1. The largest absolute Gasteiger partial charge is 0.508 e. The Bertz CT molecular complexity index is 1620. The van der Waals surface area contributed by atoms with Crippen LogP contribution in [0.25, 0.3) is 44.5 Å². The highest BCUT2D eigenvalue weighted by Gasteiger charge is 2.22. The number of benzene rings is 4. The number of phenolic OH excluding ortho intramolecular Hbond substituents is 1. The van der Waals surface area contributed by atoms with E-state index < -0.39 is 5.97 Å². The number of carboxylic acids is 1. The Hall–Kier alpha value is -4.82. The van der Waals surface area contributed by atoms with Crippen molar-refractivity contribution in [2.75, 3.05) is 0 Å². The van der Waals surface area contributed by atoms with Crippen LogP contribution in [0.1, 0.15) is 15.9 Å². The van der Waals surface area contributed by atoms with Crippen molar-refractivity contribution in [2.24, 2.45) is 0 Å². The zero-order valence-corrected chi connectivity index (χ0v) is 17.2. The first-order valence-electron chi connectivity index (χ1n) is 10.1. The molecule has 0 atom stereocenters. The van der Waals surface area contributed by atoms with Crippen molar-refractivity contribution in [1.29, 1.82) is 0 Å². The maximum atomic E-state index is 12.3. The first-order valence-corrected chi connectivity index (χ1v) is 10.1. The number of rotatable bonds is 3. The van der Waals surface area contributed by atoms with Crippen molar-refractivity contribution in [3.63, 3.8) is 0 Å². The molecule has 2 aliphatic rings. The van der Waals surface area contributed by atoms with Gasteiger partial charge in [0.1, 0.15) is 17.1 Å². The molecule has 3 aromatic carbocycles. The van der Waals surface area contributed by atoms with Crippen LogP contribution >= 0.6 is 0 Å². The average molecular weight is 432 g/mol. The van der Waals surface area contributed by atoms with Gasteiger partial charge in [0.25, 0.3) is 0 Å². The molecule has 158 valence electrons. The molecule has 1 aliphatic heterocycles. The van der Waals surface area contributed by atoms with Crippen LogP contribution in [0.5, 0.6) is 5.75 Å². The van der Waals surface area contributed by atoms with Gasteiger partial charge in [0.05, 0.1) is 5.56 Å². The molecular formula is C28H16O5. The van der Waals surface area contributed by atoms with Gasteiger partial charge in [-0.05, 0) is 59.2 Å². The second-order valence-corrected chi connectivity index (χ2v) is 7.60. The van der Waals surface area contributed by atoms with E-state index in [2.05, 4.69) is 5.92 Å². The summed E-state index contributed by atoms with van der Waals surface area (Å²) in [6.07, 6.45) is 5.43. The number of carbonyl (C=O) groups is 1. The fourth-order valence-electron chi connectivity index (χ4n) is 4.03. The van der Waals surface area contributed by atoms with Gasteiger partial charge in [0, 0.05) is 34.2 Å². The summed E-state index contributed by atoms with van der Waals surface area (Å²) in [7, 11) is 0. The Morgan fingerprint density at radius 3 is 2.30 bits per heavy atom. The van der Waals surface area contributed by atoms with Crippen LogP contribution in [0.3, 0.4) is 0 Å². The molecule has 0 aromatic heterocycles. The minimum absolute atomic E-state index is 0.000880. The third-order valence-electron chi connectivity index (χ3n) is 5.58. The van der Waals surface area contributed by atoms with Crippen molar-refractivity contribution in [1.82, 2.24) is 0 Å². The molecule has 3 aromatic rings. The predicted octanol–water partition coefficient (Wildman–Crippen LogP) is 5.62. The van der Waals surface area contributed by atoms with E-state index >= 15 is 0 Å². The molecule has 0 radical (unpaired) electrons. The van der Waals surface area contributed by atoms with Crippen LogP contribution in [0.2, 0.25) is 0 Å². The number of fused-ring (bicyclic) bond motifs is 2. The summed E-state index contributed by atoms with van der Waals surface area (Å²) in [5, 5.41) is 20.6. The van der Waals surface area contributed by atoms with E-state index in [1.165, 1.54) is 24.3 Å². The smallest absolute Gasteiger partial charge is 0.336 e. The van der Waals surface area contributed by atoms with Crippen LogP contribution in [0.15, 0.2) is 88.1 Å². The standard InChI is InChI=1S/C28H16O5/c1-2-16-3-5-17(6-4-16)18-7-10-21(24(13-18)28(31)32)27-22-11-8-19(29)14-25(22)33-26-15-20(30)9-12-23(26)27/h1,3-15,29H,(H,31,32). The van der Waals surface area contributed by atoms with Gasteiger partial charge >= 0.3 is 5.97 Å². The highest BCUT2D eigenvalue weighted by atomic mass is 16.4. The zero-order valence-electron chi connectivity index (χ0n) is 17.2. The summed E-state index contributed by atoms with van der Waals surface area (Å²) in [5.74, 6) is 1.78. The SMILES string of the molecule is C#Cc1ccc(-c2ccc(-c3c4ccc(=O)cc-4oc4cc(O)ccc34)c(C(=O)O)c2)cc1. The lowest BCUT2D eigenvalue weighted by Crippen LogP contribution is -2.04. The van der Waals surface area contributed by atoms with Gasteiger partial charge in [-0.3, -0.25) is 4.79 Å². The van der Waals surface area contributed by atoms with Crippen molar-refractivity contribution in [3.05, 3.63) is 100 Å². The van der Waals surface area contributed by atoms with Crippen LogP contribution in [-0.2, 0) is 0 Å². The van der Waals surface area contributed by atoms with E-state index in [1.807, 2.05) is 18.2 Å². The molecular weight excluding hydrogens is 416 g/mol. The van der Waals surface area contributed by atoms with Crippen LogP contribution in [0.4, 0.5) is 0 Å². The van der Waals surface area contributed by atoms with Crippen LogP contribution in [0, 0.1) is 12.3 Å².